The number of nitrogen functional groups attached to an aromatic ring is 1. The van der Waals surface area contributed by atoms with Gasteiger partial charge in [-0.25, -0.2) is 4.39 Å². The molecule has 19 heavy (non-hydrogen) atoms. The molecular formula is C14H11ClFN3. The first-order chi connectivity index (χ1) is 9.10. The minimum atomic E-state index is -0.375. The molecule has 0 radical (unpaired) electrons. The number of nitrogens with one attached hydrogen (secondary N) is 1. The fourth-order valence-corrected chi connectivity index (χ4v) is 1.84. The molecule has 0 aliphatic carbocycles. The molecule has 0 saturated carbocycles. The van der Waals surface area contributed by atoms with Crippen molar-refractivity contribution in [3.8, 4) is 6.07 Å². The Morgan fingerprint density at radius 1 is 1.26 bits per heavy atom. The Morgan fingerprint density at radius 2 is 2.05 bits per heavy atom. The van der Waals surface area contributed by atoms with Crippen LogP contribution in [0.1, 0.15) is 5.56 Å². The quantitative estimate of drug-likeness (QED) is 0.836. The van der Waals surface area contributed by atoms with Gasteiger partial charge in [-0.2, -0.15) is 5.26 Å². The molecule has 96 valence electrons. The number of hydrogen-bond acceptors (Lipinski definition) is 3. The van der Waals surface area contributed by atoms with Crippen LogP contribution in [0, 0.1) is 17.1 Å². The van der Waals surface area contributed by atoms with Gasteiger partial charge in [0, 0.05) is 11.4 Å². The molecule has 3 N–H and O–H groups in total. The van der Waals surface area contributed by atoms with Crippen molar-refractivity contribution in [2.24, 2.45) is 0 Å². The third-order valence-electron chi connectivity index (χ3n) is 2.62. The molecule has 0 atom stereocenters. The van der Waals surface area contributed by atoms with Gasteiger partial charge in [-0.15, -0.1) is 0 Å². The van der Waals surface area contributed by atoms with E-state index in [4.69, 9.17) is 22.6 Å². The average Bonchev–Trinajstić information content (AvgIpc) is 2.38. The van der Waals surface area contributed by atoms with Crippen LogP contribution in [0.4, 0.5) is 21.5 Å². The van der Waals surface area contributed by atoms with Crippen molar-refractivity contribution >= 4 is 28.7 Å². The highest BCUT2D eigenvalue weighted by Crippen LogP contribution is 2.27. The second-order valence-corrected chi connectivity index (χ2v) is 4.40. The van der Waals surface area contributed by atoms with Gasteiger partial charge < -0.3 is 11.1 Å². The van der Waals surface area contributed by atoms with Crippen molar-refractivity contribution in [1.29, 1.82) is 5.26 Å². The number of nitriles is 1. The van der Waals surface area contributed by atoms with E-state index in [1.165, 1.54) is 18.2 Å². The molecule has 0 aliphatic heterocycles. The minimum Gasteiger partial charge on any atom is -0.398 e. The lowest BCUT2D eigenvalue weighted by Gasteiger charge is -2.10. The van der Waals surface area contributed by atoms with E-state index in [0.29, 0.717) is 22.1 Å². The molecule has 3 nitrogen and oxygen atoms in total. The number of hydrogen-bond donors (Lipinski definition) is 2. The predicted octanol–water partition coefficient (Wildman–Crippen LogP) is 3.87. The van der Waals surface area contributed by atoms with E-state index in [1.54, 1.807) is 18.2 Å². The normalized spacial score (nSPS) is 9.95. The Bertz CT molecular complexity index is 650. The van der Waals surface area contributed by atoms with Gasteiger partial charge in [0.15, 0.2) is 0 Å². The second-order valence-electron chi connectivity index (χ2n) is 4.00. The summed E-state index contributed by atoms with van der Waals surface area (Å²) in [6, 6.07) is 11.3. The van der Waals surface area contributed by atoms with Gasteiger partial charge in [-0.05, 0) is 42.0 Å². The highest BCUT2D eigenvalue weighted by atomic mass is 35.5. The van der Waals surface area contributed by atoms with E-state index in [-0.39, 0.29) is 12.2 Å². The molecule has 0 spiro atoms. The maximum atomic E-state index is 13.2. The van der Waals surface area contributed by atoms with Crippen LogP contribution in [-0.4, -0.2) is 0 Å². The van der Waals surface area contributed by atoms with Gasteiger partial charge in [0.1, 0.15) is 5.82 Å². The molecular weight excluding hydrogens is 265 g/mol. The summed E-state index contributed by atoms with van der Waals surface area (Å²) in [7, 11) is 0. The van der Waals surface area contributed by atoms with Crippen LogP contribution in [0.15, 0.2) is 36.4 Å². The van der Waals surface area contributed by atoms with Crippen molar-refractivity contribution in [2.75, 3.05) is 11.1 Å². The molecule has 0 bridgehead atoms. The largest absolute Gasteiger partial charge is 0.398 e. The van der Waals surface area contributed by atoms with Gasteiger partial charge in [0.25, 0.3) is 0 Å². The van der Waals surface area contributed by atoms with E-state index >= 15 is 0 Å². The van der Waals surface area contributed by atoms with Gasteiger partial charge in [0.05, 0.1) is 23.2 Å². The van der Waals surface area contributed by atoms with Crippen molar-refractivity contribution in [2.45, 2.75) is 6.42 Å². The smallest absolute Gasteiger partial charge is 0.125 e. The molecule has 0 heterocycles. The highest BCUT2D eigenvalue weighted by Gasteiger charge is 2.05. The number of halogens is 2. The van der Waals surface area contributed by atoms with Crippen LogP contribution >= 0.6 is 11.6 Å². The molecule has 0 unspecified atom stereocenters. The molecule has 2 aromatic carbocycles. The van der Waals surface area contributed by atoms with Crippen LogP contribution in [0.5, 0.6) is 0 Å². The first-order valence-electron chi connectivity index (χ1n) is 5.57. The van der Waals surface area contributed by atoms with Gasteiger partial charge in [0.2, 0.25) is 0 Å². The summed E-state index contributed by atoms with van der Waals surface area (Å²) < 4.78 is 13.2. The predicted molar refractivity (Wildman–Crippen MR) is 74.9 cm³/mol. The Morgan fingerprint density at radius 3 is 2.79 bits per heavy atom. The van der Waals surface area contributed by atoms with E-state index in [1.807, 2.05) is 6.07 Å². The van der Waals surface area contributed by atoms with Gasteiger partial charge in [-0.1, -0.05) is 11.6 Å². The molecule has 2 rings (SSSR count). The number of nitrogens with two attached hydrogens (primary N) is 1. The van der Waals surface area contributed by atoms with E-state index in [2.05, 4.69) is 5.32 Å². The summed E-state index contributed by atoms with van der Waals surface area (Å²) in [5.41, 5.74) is 8.20. The zero-order valence-corrected chi connectivity index (χ0v) is 10.7. The molecule has 0 amide bonds. The third-order valence-corrected chi connectivity index (χ3v) is 2.95. The Hall–Kier alpha value is -2.25. The van der Waals surface area contributed by atoms with Gasteiger partial charge in [-0.3, -0.25) is 0 Å². The average molecular weight is 276 g/mol. The highest BCUT2D eigenvalue weighted by molar-refractivity contribution is 6.33. The van der Waals surface area contributed by atoms with Crippen LogP contribution in [-0.2, 0) is 6.42 Å². The fraction of sp³-hybridized carbons (Fsp3) is 0.0714. The molecule has 0 fully saturated rings. The van der Waals surface area contributed by atoms with E-state index < -0.39 is 0 Å². The summed E-state index contributed by atoms with van der Waals surface area (Å²) >= 11 is 5.97. The zero-order valence-electron chi connectivity index (χ0n) is 9.95. The molecule has 0 saturated heterocycles. The number of rotatable bonds is 3. The molecule has 0 aliphatic rings. The van der Waals surface area contributed by atoms with Crippen molar-refractivity contribution in [3.63, 3.8) is 0 Å². The fourth-order valence-electron chi connectivity index (χ4n) is 1.67. The van der Waals surface area contributed by atoms with Crippen molar-refractivity contribution in [3.05, 3.63) is 52.8 Å². The standard InChI is InChI=1S/C14H11ClFN3/c15-12-3-1-10(16)8-14(12)19-11-2-4-13(18)9(7-11)5-6-17/h1-4,7-8,19H,5,18H2. The lowest BCUT2D eigenvalue weighted by atomic mass is 10.1. The second kappa shape index (κ2) is 5.59. The van der Waals surface area contributed by atoms with Crippen molar-refractivity contribution in [1.82, 2.24) is 0 Å². The first kappa shape index (κ1) is 13.2. The molecule has 2 aromatic rings. The Balaban J connectivity index is 2.31. The van der Waals surface area contributed by atoms with E-state index in [0.717, 1.165) is 5.56 Å². The summed E-state index contributed by atoms with van der Waals surface area (Å²) in [5, 5.41) is 12.1. The Kier molecular flexibility index (Phi) is 3.88. The maximum absolute atomic E-state index is 13.2. The number of anilines is 3. The topological polar surface area (TPSA) is 61.8 Å². The van der Waals surface area contributed by atoms with Crippen LogP contribution in [0.3, 0.4) is 0 Å². The number of nitrogens with zero attached hydrogens (tertiary/aromatic N) is 1. The SMILES string of the molecule is N#CCc1cc(Nc2cc(F)ccc2Cl)ccc1N. The lowest BCUT2D eigenvalue weighted by Crippen LogP contribution is -1.97. The van der Waals surface area contributed by atoms with Crippen LogP contribution < -0.4 is 11.1 Å². The van der Waals surface area contributed by atoms with Crippen LogP contribution in [0.2, 0.25) is 5.02 Å². The summed E-state index contributed by atoms with van der Waals surface area (Å²) in [4.78, 5) is 0. The molecule has 0 aromatic heterocycles. The number of benzene rings is 2. The van der Waals surface area contributed by atoms with Crippen LogP contribution in [0.25, 0.3) is 0 Å². The van der Waals surface area contributed by atoms with Crippen molar-refractivity contribution < 1.29 is 4.39 Å². The van der Waals surface area contributed by atoms with Gasteiger partial charge >= 0.3 is 0 Å². The minimum absolute atomic E-state index is 0.220. The molecule has 5 heteroatoms. The lowest BCUT2D eigenvalue weighted by molar-refractivity contribution is 0.628. The Labute approximate surface area is 115 Å². The maximum Gasteiger partial charge on any atom is 0.125 e. The summed E-state index contributed by atoms with van der Waals surface area (Å²) in [6.07, 6.45) is 0.220. The first-order valence-corrected chi connectivity index (χ1v) is 5.95. The zero-order chi connectivity index (χ0) is 13.8. The third kappa shape index (κ3) is 3.15. The van der Waals surface area contributed by atoms with E-state index in [9.17, 15) is 4.39 Å². The summed E-state index contributed by atoms with van der Waals surface area (Å²) in [6.45, 7) is 0. The summed E-state index contributed by atoms with van der Waals surface area (Å²) in [5.74, 6) is -0.375. The monoisotopic (exact) mass is 275 g/mol.